The molecular weight excluding hydrogens is 328 g/mol. The van der Waals surface area contributed by atoms with Crippen LogP contribution in [-0.4, -0.2) is 33.8 Å². The van der Waals surface area contributed by atoms with Crippen LogP contribution < -0.4 is 5.32 Å². The number of hydrogen-bond acceptors (Lipinski definition) is 6. The van der Waals surface area contributed by atoms with Crippen molar-refractivity contribution in [2.75, 3.05) is 12.4 Å². The molecule has 2 aromatic heterocycles. The third-order valence-electron chi connectivity index (χ3n) is 3.52. The van der Waals surface area contributed by atoms with Gasteiger partial charge in [0.1, 0.15) is 11.6 Å². The Morgan fingerprint density at radius 1 is 1.29 bits per heavy atom. The molecule has 3 rings (SSSR count). The Morgan fingerprint density at radius 2 is 2.08 bits per heavy atom. The molecule has 0 atom stereocenters. The standard InChI is InChI=1S/C16H16N4O3S/c1-3-14-18-19-16(24-14)17-13(21)9-20-8-11(15(22)23-2)10-6-4-5-7-12(10)20/h4-8H,3,9H2,1-2H3,(H,17,19,21). The first kappa shape index (κ1) is 16.1. The first-order valence-electron chi connectivity index (χ1n) is 7.40. The average molecular weight is 344 g/mol. The van der Waals surface area contributed by atoms with E-state index in [1.54, 1.807) is 10.8 Å². The number of rotatable bonds is 5. The van der Waals surface area contributed by atoms with Gasteiger partial charge in [-0.1, -0.05) is 36.5 Å². The summed E-state index contributed by atoms with van der Waals surface area (Å²) in [6.07, 6.45) is 2.41. The molecule has 0 saturated heterocycles. The highest BCUT2D eigenvalue weighted by Crippen LogP contribution is 2.22. The fourth-order valence-electron chi connectivity index (χ4n) is 2.41. The van der Waals surface area contributed by atoms with Gasteiger partial charge < -0.3 is 9.30 Å². The fraction of sp³-hybridized carbons (Fsp3) is 0.250. The number of aromatic nitrogens is 3. The van der Waals surface area contributed by atoms with E-state index in [2.05, 4.69) is 15.5 Å². The maximum atomic E-state index is 12.3. The summed E-state index contributed by atoms with van der Waals surface area (Å²) in [7, 11) is 1.34. The third kappa shape index (κ3) is 3.13. The van der Waals surface area contributed by atoms with E-state index in [1.165, 1.54) is 18.4 Å². The van der Waals surface area contributed by atoms with E-state index in [0.29, 0.717) is 10.7 Å². The second-order valence-electron chi connectivity index (χ2n) is 5.08. The largest absolute Gasteiger partial charge is 0.465 e. The van der Waals surface area contributed by atoms with E-state index in [0.717, 1.165) is 22.3 Å². The van der Waals surface area contributed by atoms with E-state index in [-0.39, 0.29) is 12.5 Å². The van der Waals surface area contributed by atoms with Crippen molar-refractivity contribution >= 4 is 39.2 Å². The molecule has 0 bridgehead atoms. The lowest BCUT2D eigenvalue weighted by Gasteiger charge is -2.04. The van der Waals surface area contributed by atoms with Crippen molar-refractivity contribution in [1.82, 2.24) is 14.8 Å². The van der Waals surface area contributed by atoms with E-state index in [4.69, 9.17) is 4.74 Å². The number of carbonyl (C=O) groups is 2. The molecule has 1 amide bonds. The van der Waals surface area contributed by atoms with Gasteiger partial charge in [0, 0.05) is 17.1 Å². The average Bonchev–Trinajstić information content (AvgIpc) is 3.19. The van der Waals surface area contributed by atoms with Crippen LogP contribution in [0.3, 0.4) is 0 Å². The number of methoxy groups -OCH3 is 1. The van der Waals surface area contributed by atoms with Gasteiger partial charge in [-0.25, -0.2) is 4.79 Å². The lowest BCUT2D eigenvalue weighted by molar-refractivity contribution is -0.116. The minimum Gasteiger partial charge on any atom is -0.465 e. The number of ether oxygens (including phenoxy) is 1. The normalized spacial score (nSPS) is 10.8. The monoisotopic (exact) mass is 344 g/mol. The van der Waals surface area contributed by atoms with E-state index in [9.17, 15) is 9.59 Å². The summed E-state index contributed by atoms with van der Waals surface area (Å²) in [5.41, 5.74) is 1.23. The van der Waals surface area contributed by atoms with Crippen molar-refractivity contribution in [2.45, 2.75) is 19.9 Å². The van der Waals surface area contributed by atoms with Crippen LogP contribution in [0.5, 0.6) is 0 Å². The lowest BCUT2D eigenvalue weighted by atomic mass is 10.2. The Hall–Kier alpha value is -2.74. The van der Waals surface area contributed by atoms with Gasteiger partial charge in [0.2, 0.25) is 11.0 Å². The minimum atomic E-state index is -0.429. The Bertz CT molecular complexity index is 900. The topological polar surface area (TPSA) is 86.1 Å². The highest BCUT2D eigenvalue weighted by atomic mass is 32.1. The van der Waals surface area contributed by atoms with Gasteiger partial charge in [0.25, 0.3) is 0 Å². The van der Waals surface area contributed by atoms with Gasteiger partial charge in [-0.15, -0.1) is 10.2 Å². The minimum absolute atomic E-state index is 0.0680. The van der Waals surface area contributed by atoms with E-state index < -0.39 is 5.97 Å². The number of fused-ring (bicyclic) bond motifs is 1. The highest BCUT2D eigenvalue weighted by molar-refractivity contribution is 7.15. The van der Waals surface area contributed by atoms with Gasteiger partial charge in [-0.05, 0) is 12.5 Å². The molecule has 0 radical (unpaired) electrons. The lowest BCUT2D eigenvalue weighted by Crippen LogP contribution is -2.18. The number of carbonyl (C=O) groups excluding carboxylic acids is 2. The molecule has 0 unspecified atom stereocenters. The van der Waals surface area contributed by atoms with Crippen LogP contribution in [0.25, 0.3) is 10.9 Å². The molecule has 0 saturated carbocycles. The number of benzene rings is 1. The van der Waals surface area contributed by atoms with Gasteiger partial charge in [0.15, 0.2) is 0 Å². The molecule has 3 aromatic rings. The molecule has 0 fully saturated rings. The molecule has 0 aliphatic heterocycles. The number of aryl methyl sites for hydroxylation is 1. The molecule has 124 valence electrons. The fourth-order valence-corrected chi connectivity index (χ4v) is 3.11. The van der Waals surface area contributed by atoms with Crippen molar-refractivity contribution in [3.8, 4) is 0 Å². The molecule has 7 nitrogen and oxygen atoms in total. The molecule has 2 heterocycles. The van der Waals surface area contributed by atoms with Crippen LogP contribution in [0.15, 0.2) is 30.5 Å². The summed E-state index contributed by atoms with van der Waals surface area (Å²) in [5.74, 6) is -0.659. The number of anilines is 1. The summed E-state index contributed by atoms with van der Waals surface area (Å²) in [6, 6.07) is 7.38. The molecule has 0 aliphatic rings. The first-order valence-corrected chi connectivity index (χ1v) is 8.22. The summed E-state index contributed by atoms with van der Waals surface area (Å²) in [5, 5.41) is 12.7. The van der Waals surface area contributed by atoms with Crippen LogP contribution in [-0.2, 0) is 22.5 Å². The quantitative estimate of drug-likeness (QED) is 0.719. The highest BCUT2D eigenvalue weighted by Gasteiger charge is 2.17. The van der Waals surface area contributed by atoms with Crippen LogP contribution in [0.1, 0.15) is 22.3 Å². The smallest absolute Gasteiger partial charge is 0.340 e. The van der Waals surface area contributed by atoms with Crippen molar-refractivity contribution in [3.05, 3.63) is 41.0 Å². The molecule has 8 heteroatoms. The first-order chi connectivity index (χ1) is 11.6. The Labute approximate surface area is 142 Å². The predicted octanol–water partition coefficient (Wildman–Crippen LogP) is 2.48. The van der Waals surface area contributed by atoms with Crippen LogP contribution in [0.2, 0.25) is 0 Å². The van der Waals surface area contributed by atoms with E-state index >= 15 is 0 Å². The molecule has 0 spiro atoms. The van der Waals surface area contributed by atoms with Gasteiger partial charge in [0.05, 0.1) is 12.7 Å². The SMILES string of the molecule is CCc1nnc(NC(=O)Cn2cc(C(=O)OC)c3ccccc32)s1. The van der Waals surface area contributed by atoms with Crippen LogP contribution >= 0.6 is 11.3 Å². The molecule has 24 heavy (non-hydrogen) atoms. The third-order valence-corrected chi connectivity index (χ3v) is 4.51. The maximum absolute atomic E-state index is 12.3. The van der Waals surface area contributed by atoms with Crippen molar-refractivity contribution < 1.29 is 14.3 Å². The Balaban J connectivity index is 1.84. The van der Waals surface area contributed by atoms with E-state index in [1.807, 2.05) is 31.2 Å². The van der Waals surface area contributed by atoms with Crippen molar-refractivity contribution in [3.63, 3.8) is 0 Å². The Morgan fingerprint density at radius 3 is 2.79 bits per heavy atom. The predicted molar refractivity (Wildman–Crippen MR) is 91.2 cm³/mol. The number of esters is 1. The van der Waals surface area contributed by atoms with Gasteiger partial charge >= 0.3 is 5.97 Å². The Kier molecular flexibility index (Phi) is 4.57. The summed E-state index contributed by atoms with van der Waals surface area (Å²) >= 11 is 1.35. The van der Waals surface area contributed by atoms with Gasteiger partial charge in [-0.2, -0.15) is 0 Å². The summed E-state index contributed by atoms with van der Waals surface area (Å²) in [4.78, 5) is 24.2. The second kappa shape index (κ2) is 6.79. The second-order valence-corrected chi connectivity index (χ2v) is 6.14. The van der Waals surface area contributed by atoms with Crippen LogP contribution in [0.4, 0.5) is 5.13 Å². The maximum Gasteiger partial charge on any atom is 0.340 e. The number of amides is 1. The zero-order chi connectivity index (χ0) is 17.1. The number of nitrogens with one attached hydrogen (secondary N) is 1. The summed E-state index contributed by atoms with van der Waals surface area (Å²) in [6.45, 7) is 2.05. The number of nitrogens with zero attached hydrogens (tertiary/aromatic N) is 3. The zero-order valence-corrected chi connectivity index (χ0v) is 14.1. The zero-order valence-electron chi connectivity index (χ0n) is 13.3. The van der Waals surface area contributed by atoms with Crippen molar-refractivity contribution in [2.24, 2.45) is 0 Å². The molecule has 1 N–H and O–H groups in total. The van der Waals surface area contributed by atoms with Crippen LogP contribution in [0, 0.1) is 0 Å². The molecular formula is C16H16N4O3S. The number of hydrogen-bond donors (Lipinski definition) is 1. The summed E-state index contributed by atoms with van der Waals surface area (Å²) < 4.78 is 6.52. The molecule has 0 aliphatic carbocycles. The number of para-hydroxylation sites is 1. The van der Waals surface area contributed by atoms with Crippen molar-refractivity contribution in [1.29, 1.82) is 0 Å². The molecule has 1 aromatic carbocycles. The van der Waals surface area contributed by atoms with Gasteiger partial charge in [-0.3, -0.25) is 10.1 Å².